The number of amides is 1. The molecule has 0 spiro atoms. The Morgan fingerprint density at radius 1 is 1.10 bits per heavy atom. The Hall–Kier alpha value is -2.69. The van der Waals surface area contributed by atoms with Crippen LogP contribution in [0.4, 0.5) is 0 Å². The molecular formula is C16H17NO4. The molecule has 1 amide bonds. The molecule has 2 aromatic rings. The molecule has 0 saturated heterocycles. The Kier molecular flexibility index (Phi) is 4.66. The van der Waals surface area contributed by atoms with Gasteiger partial charge < -0.3 is 19.9 Å². The number of phenols is 1. The predicted octanol–water partition coefficient (Wildman–Crippen LogP) is 2.34. The molecule has 0 aliphatic rings. The zero-order valence-corrected chi connectivity index (χ0v) is 11.9. The van der Waals surface area contributed by atoms with Crippen molar-refractivity contribution >= 4 is 5.91 Å². The number of hydrogen-bond donors (Lipinski definition) is 2. The number of hydrogen-bond acceptors (Lipinski definition) is 4. The highest BCUT2D eigenvalue weighted by Crippen LogP contribution is 2.30. The number of nitrogens with one attached hydrogen (secondary N) is 1. The average molecular weight is 287 g/mol. The minimum atomic E-state index is -0.251. The van der Waals surface area contributed by atoms with Crippen LogP contribution >= 0.6 is 0 Å². The molecule has 0 aliphatic heterocycles. The van der Waals surface area contributed by atoms with Gasteiger partial charge in [0, 0.05) is 6.54 Å². The second-order valence-corrected chi connectivity index (χ2v) is 4.39. The maximum atomic E-state index is 12.2. The van der Waals surface area contributed by atoms with Gasteiger partial charge >= 0.3 is 0 Å². The van der Waals surface area contributed by atoms with Crippen molar-refractivity contribution in [1.29, 1.82) is 0 Å². The van der Waals surface area contributed by atoms with E-state index in [9.17, 15) is 9.90 Å². The number of carbonyl (C=O) groups is 1. The van der Waals surface area contributed by atoms with E-state index in [1.165, 1.54) is 14.2 Å². The van der Waals surface area contributed by atoms with Gasteiger partial charge in [0.1, 0.15) is 5.75 Å². The van der Waals surface area contributed by atoms with Gasteiger partial charge in [0.15, 0.2) is 11.5 Å². The molecule has 21 heavy (non-hydrogen) atoms. The lowest BCUT2D eigenvalue weighted by Crippen LogP contribution is -2.23. The standard InChI is InChI=1S/C16H17NO4/c1-20-14-5-3-4-13(15(14)21-2)16(19)17-10-11-6-8-12(18)9-7-11/h3-9,18H,10H2,1-2H3,(H,17,19). The molecule has 0 heterocycles. The highest BCUT2D eigenvalue weighted by molar-refractivity contribution is 5.97. The first-order valence-corrected chi connectivity index (χ1v) is 6.42. The van der Waals surface area contributed by atoms with Gasteiger partial charge in [0.2, 0.25) is 0 Å². The Morgan fingerprint density at radius 2 is 1.81 bits per heavy atom. The van der Waals surface area contributed by atoms with E-state index in [-0.39, 0.29) is 11.7 Å². The zero-order valence-electron chi connectivity index (χ0n) is 11.9. The molecule has 0 saturated carbocycles. The number of aromatic hydroxyl groups is 1. The fraction of sp³-hybridized carbons (Fsp3) is 0.188. The van der Waals surface area contributed by atoms with Gasteiger partial charge in [-0.25, -0.2) is 0 Å². The lowest BCUT2D eigenvalue weighted by Gasteiger charge is -2.12. The molecule has 0 unspecified atom stereocenters. The Morgan fingerprint density at radius 3 is 2.43 bits per heavy atom. The van der Waals surface area contributed by atoms with Crippen molar-refractivity contribution in [2.45, 2.75) is 6.54 Å². The Bertz CT molecular complexity index is 623. The van der Waals surface area contributed by atoms with Gasteiger partial charge in [-0.3, -0.25) is 4.79 Å². The van der Waals surface area contributed by atoms with E-state index in [0.29, 0.717) is 23.6 Å². The molecule has 110 valence electrons. The van der Waals surface area contributed by atoms with Crippen LogP contribution in [0.2, 0.25) is 0 Å². The highest BCUT2D eigenvalue weighted by Gasteiger charge is 2.15. The lowest BCUT2D eigenvalue weighted by molar-refractivity contribution is 0.0947. The van der Waals surface area contributed by atoms with Crippen LogP contribution < -0.4 is 14.8 Å². The van der Waals surface area contributed by atoms with Gasteiger partial charge in [-0.1, -0.05) is 18.2 Å². The number of benzene rings is 2. The molecule has 5 nitrogen and oxygen atoms in total. The van der Waals surface area contributed by atoms with E-state index in [0.717, 1.165) is 5.56 Å². The smallest absolute Gasteiger partial charge is 0.255 e. The monoisotopic (exact) mass is 287 g/mol. The van der Waals surface area contributed by atoms with Gasteiger partial charge in [0.05, 0.1) is 19.8 Å². The molecule has 0 aromatic heterocycles. The van der Waals surface area contributed by atoms with E-state index in [1.807, 2.05) is 0 Å². The summed E-state index contributed by atoms with van der Waals surface area (Å²) >= 11 is 0. The van der Waals surface area contributed by atoms with Crippen molar-refractivity contribution in [2.75, 3.05) is 14.2 Å². The molecule has 0 aliphatic carbocycles. The minimum Gasteiger partial charge on any atom is -0.508 e. The van der Waals surface area contributed by atoms with E-state index in [4.69, 9.17) is 9.47 Å². The number of para-hydroxylation sites is 1. The van der Waals surface area contributed by atoms with Crippen LogP contribution in [0.3, 0.4) is 0 Å². The van der Waals surface area contributed by atoms with Crippen molar-refractivity contribution in [3.05, 3.63) is 53.6 Å². The molecule has 2 aromatic carbocycles. The molecule has 0 radical (unpaired) electrons. The van der Waals surface area contributed by atoms with Gasteiger partial charge in [0.25, 0.3) is 5.91 Å². The van der Waals surface area contributed by atoms with Crippen molar-refractivity contribution in [3.63, 3.8) is 0 Å². The van der Waals surface area contributed by atoms with Crippen LogP contribution in [-0.2, 0) is 6.54 Å². The second-order valence-electron chi connectivity index (χ2n) is 4.39. The topological polar surface area (TPSA) is 67.8 Å². The Balaban J connectivity index is 2.11. The highest BCUT2D eigenvalue weighted by atomic mass is 16.5. The predicted molar refractivity (Wildman–Crippen MR) is 78.8 cm³/mol. The molecule has 0 bridgehead atoms. The molecular weight excluding hydrogens is 270 g/mol. The van der Waals surface area contributed by atoms with Crippen molar-refractivity contribution in [3.8, 4) is 17.2 Å². The summed E-state index contributed by atoms with van der Waals surface area (Å²) in [6, 6.07) is 11.8. The van der Waals surface area contributed by atoms with E-state index < -0.39 is 0 Å². The van der Waals surface area contributed by atoms with Crippen LogP contribution in [0, 0.1) is 0 Å². The van der Waals surface area contributed by atoms with E-state index in [1.54, 1.807) is 42.5 Å². The minimum absolute atomic E-state index is 0.194. The zero-order chi connectivity index (χ0) is 15.2. The van der Waals surface area contributed by atoms with Gasteiger partial charge in [-0.2, -0.15) is 0 Å². The van der Waals surface area contributed by atoms with Crippen LogP contribution in [0.25, 0.3) is 0 Å². The number of ether oxygens (including phenoxy) is 2. The van der Waals surface area contributed by atoms with Gasteiger partial charge in [-0.05, 0) is 29.8 Å². The fourth-order valence-electron chi connectivity index (χ4n) is 1.96. The Labute approximate surface area is 123 Å². The SMILES string of the molecule is COc1cccc(C(=O)NCc2ccc(O)cc2)c1OC. The molecule has 2 N–H and O–H groups in total. The maximum Gasteiger partial charge on any atom is 0.255 e. The second kappa shape index (κ2) is 6.65. The summed E-state index contributed by atoms with van der Waals surface area (Å²) in [5, 5.41) is 12.0. The summed E-state index contributed by atoms with van der Waals surface area (Å²) in [7, 11) is 3.02. The number of methoxy groups -OCH3 is 2. The average Bonchev–Trinajstić information content (AvgIpc) is 2.53. The summed E-state index contributed by atoms with van der Waals surface area (Å²) in [6.07, 6.45) is 0. The number of rotatable bonds is 5. The molecule has 5 heteroatoms. The normalized spacial score (nSPS) is 10.0. The lowest BCUT2D eigenvalue weighted by atomic mass is 10.1. The van der Waals surface area contributed by atoms with Crippen LogP contribution in [0.15, 0.2) is 42.5 Å². The van der Waals surface area contributed by atoms with Crippen molar-refractivity contribution < 1.29 is 19.4 Å². The van der Waals surface area contributed by atoms with Crippen molar-refractivity contribution in [2.24, 2.45) is 0 Å². The largest absolute Gasteiger partial charge is 0.508 e. The van der Waals surface area contributed by atoms with Crippen molar-refractivity contribution in [1.82, 2.24) is 5.32 Å². The number of phenolic OH excluding ortho intramolecular Hbond substituents is 1. The third-order valence-corrected chi connectivity index (χ3v) is 3.04. The summed E-state index contributed by atoms with van der Waals surface area (Å²) in [6.45, 7) is 0.361. The molecule has 2 rings (SSSR count). The summed E-state index contributed by atoms with van der Waals surface area (Å²) in [4.78, 5) is 12.2. The third kappa shape index (κ3) is 3.45. The quantitative estimate of drug-likeness (QED) is 0.885. The molecule has 0 fully saturated rings. The molecule has 0 atom stereocenters. The van der Waals surface area contributed by atoms with Crippen LogP contribution in [0.5, 0.6) is 17.2 Å². The third-order valence-electron chi connectivity index (χ3n) is 3.04. The first-order valence-electron chi connectivity index (χ1n) is 6.42. The van der Waals surface area contributed by atoms with Gasteiger partial charge in [-0.15, -0.1) is 0 Å². The summed E-state index contributed by atoms with van der Waals surface area (Å²) in [5.74, 6) is 0.858. The first-order chi connectivity index (χ1) is 10.2. The fourth-order valence-corrected chi connectivity index (χ4v) is 1.96. The van der Waals surface area contributed by atoms with Crippen LogP contribution in [0.1, 0.15) is 15.9 Å². The van der Waals surface area contributed by atoms with Crippen LogP contribution in [-0.4, -0.2) is 25.2 Å². The maximum absolute atomic E-state index is 12.2. The number of carbonyl (C=O) groups excluding carboxylic acids is 1. The first kappa shape index (κ1) is 14.7. The summed E-state index contributed by atoms with van der Waals surface area (Å²) < 4.78 is 10.4. The van der Waals surface area contributed by atoms with E-state index in [2.05, 4.69) is 5.32 Å². The van der Waals surface area contributed by atoms with E-state index >= 15 is 0 Å². The summed E-state index contributed by atoms with van der Waals surface area (Å²) in [5.41, 5.74) is 1.30.